The molecule has 0 amide bonds. The van der Waals surface area contributed by atoms with Gasteiger partial charge in [0.15, 0.2) is 0 Å². The van der Waals surface area contributed by atoms with Gasteiger partial charge in [0, 0.05) is 6.04 Å². The van der Waals surface area contributed by atoms with Crippen molar-refractivity contribution in [3.8, 4) is 6.07 Å². The lowest BCUT2D eigenvalue weighted by Gasteiger charge is -2.19. The van der Waals surface area contributed by atoms with Crippen LogP contribution in [-0.2, 0) is 10.0 Å². The summed E-state index contributed by atoms with van der Waals surface area (Å²) in [5, 5.41) is 8.94. The fourth-order valence-electron chi connectivity index (χ4n) is 2.30. The molecule has 0 heterocycles. The van der Waals surface area contributed by atoms with Gasteiger partial charge in [0.25, 0.3) is 0 Å². The van der Waals surface area contributed by atoms with E-state index in [0.29, 0.717) is 11.1 Å². The highest BCUT2D eigenvalue weighted by Crippen LogP contribution is 2.19. The Morgan fingerprint density at radius 3 is 2.52 bits per heavy atom. The summed E-state index contributed by atoms with van der Waals surface area (Å²) in [6, 6.07) is 6.70. The van der Waals surface area contributed by atoms with E-state index < -0.39 is 10.0 Å². The van der Waals surface area contributed by atoms with Gasteiger partial charge in [-0.1, -0.05) is 39.2 Å². The van der Waals surface area contributed by atoms with Gasteiger partial charge in [-0.25, -0.2) is 13.1 Å². The van der Waals surface area contributed by atoms with Crippen LogP contribution in [0.15, 0.2) is 23.1 Å². The second kappa shape index (κ2) is 8.16. The first kappa shape index (κ1) is 17.7. The zero-order chi connectivity index (χ0) is 15.9. The molecule has 1 unspecified atom stereocenters. The maximum absolute atomic E-state index is 12.5. The molecule has 1 rings (SSSR count). The third kappa shape index (κ3) is 5.14. The normalized spacial score (nSPS) is 12.9. The minimum absolute atomic E-state index is 0.0370. The molecule has 0 saturated carbocycles. The van der Waals surface area contributed by atoms with Crippen molar-refractivity contribution in [3.63, 3.8) is 0 Å². The van der Waals surface area contributed by atoms with E-state index in [9.17, 15) is 8.42 Å². The largest absolute Gasteiger partial charge is 0.241 e. The van der Waals surface area contributed by atoms with Crippen molar-refractivity contribution >= 4 is 10.0 Å². The van der Waals surface area contributed by atoms with Gasteiger partial charge in [-0.05, 0) is 37.5 Å². The van der Waals surface area contributed by atoms with Crippen LogP contribution in [0, 0.1) is 18.3 Å². The number of unbranched alkanes of at least 4 members (excludes halogenated alkanes) is 1. The molecule has 0 aliphatic rings. The lowest BCUT2D eigenvalue weighted by atomic mass is 10.1. The molecule has 0 aromatic heterocycles. The van der Waals surface area contributed by atoms with Crippen molar-refractivity contribution in [3.05, 3.63) is 29.3 Å². The predicted molar refractivity (Wildman–Crippen MR) is 84.4 cm³/mol. The van der Waals surface area contributed by atoms with Crippen LogP contribution in [0.2, 0.25) is 0 Å². The monoisotopic (exact) mass is 308 g/mol. The molecule has 0 saturated heterocycles. The Morgan fingerprint density at radius 1 is 1.24 bits per heavy atom. The summed E-state index contributed by atoms with van der Waals surface area (Å²) < 4.78 is 27.9. The molecular formula is C16H24N2O2S. The molecule has 0 radical (unpaired) electrons. The molecule has 1 aromatic carbocycles. The van der Waals surface area contributed by atoms with Crippen molar-refractivity contribution in [1.82, 2.24) is 4.72 Å². The van der Waals surface area contributed by atoms with Crippen molar-refractivity contribution in [1.29, 1.82) is 5.26 Å². The van der Waals surface area contributed by atoms with E-state index >= 15 is 0 Å². The lowest BCUT2D eigenvalue weighted by molar-refractivity contribution is 0.483. The van der Waals surface area contributed by atoms with E-state index in [2.05, 4.69) is 18.6 Å². The Bertz CT molecular complexity index is 603. The van der Waals surface area contributed by atoms with Crippen LogP contribution >= 0.6 is 0 Å². The third-order valence-corrected chi connectivity index (χ3v) is 5.13. The van der Waals surface area contributed by atoms with E-state index in [1.54, 1.807) is 19.1 Å². The van der Waals surface area contributed by atoms with Crippen LogP contribution in [0.5, 0.6) is 0 Å². The topological polar surface area (TPSA) is 70.0 Å². The second-order valence-corrected chi connectivity index (χ2v) is 7.02. The van der Waals surface area contributed by atoms with Crippen LogP contribution in [0.4, 0.5) is 0 Å². The average molecular weight is 308 g/mol. The number of nitriles is 1. The number of aryl methyl sites for hydroxylation is 1. The van der Waals surface area contributed by atoms with E-state index in [4.69, 9.17) is 5.26 Å². The standard InChI is InChI=1S/C16H24N2O2S/c1-4-6-8-15(7-5-2)18-21(19,20)16-11-14(12-17)10-9-13(16)3/h9-11,15,18H,4-8H2,1-3H3. The number of benzene rings is 1. The lowest BCUT2D eigenvalue weighted by Crippen LogP contribution is -2.35. The Morgan fingerprint density at radius 2 is 1.95 bits per heavy atom. The van der Waals surface area contributed by atoms with Crippen LogP contribution in [0.25, 0.3) is 0 Å². The molecule has 0 aliphatic carbocycles. The molecule has 0 aliphatic heterocycles. The van der Waals surface area contributed by atoms with Gasteiger partial charge in [-0.3, -0.25) is 0 Å². The highest BCUT2D eigenvalue weighted by Gasteiger charge is 2.21. The van der Waals surface area contributed by atoms with E-state index in [1.165, 1.54) is 6.07 Å². The SMILES string of the molecule is CCCCC(CCC)NS(=O)(=O)c1cc(C#N)ccc1C. The fraction of sp³-hybridized carbons (Fsp3) is 0.562. The zero-order valence-corrected chi connectivity index (χ0v) is 13.8. The summed E-state index contributed by atoms with van der Waals surface area (Å²) >= 11 is 0. The molecule has 0 bridgehead atoms. The molecule has 5 heteroatoms. The summed E-state index contributed by atoms with van der Waals surface area (Å²) in [5.41, 5.74) is 1.02. The summed E-state index contributed by atoms with van der Waals surface area (Å²) in [7, 11) is -3.58. The van der Waals surface area contributed by atoms with Gasteiger partial charge in [0.2, 0.25) is 10.0 Å². The first-order valence-corrected chi connectivity index (χ1v) is 8.96. The number of hydrogen-bond donors (Lipinski definition) is 1. The third-order valence-electron chi connectivity index (χ3n) is 3.47. The molecule has 1 atom stereocenters. The number of sulfonamides is 1. The van der Waals surface area contributed by atoms with Gasteiger partial charge in [-0.15, -0.1) is 0 Å². The highest BCUT2D eigenvalue weighted by molar-refractivity contribution is 7.89. The first-order chi connectivity index (χ1) is 9.94. The van der Waals surface area contributed by atoms with Crippen molar-refractivity contribution in [2.75, 3.05) is 0 Å². The van der Waals surface area contributed by atoms with Gasteiger partial charge >= 0.3 is 0 Å². The van der Waals surface area contributed by atoms with Gasteiger partial charge in [0.1, 0.15) is 0 Å². The van der Waals surface area contributed by atoms with Gasteiger partial charge < -0.3 is 0 Å². The predicted octanol–water partition coefficient (Wildman–Crippen LogP) is 3.50. The molecule has 1 aromatic rings. The number of nitrogens with zero attached hydrogens (tertiary/aromatic N) is 1. The van der Waals surface area contributed by atoms with Crippen LogP contribution in [0.1, 0.15) is 57.1 Å². The molecule has 0 spiro atoms. The van der Waals surface area contributed by atoms with Gasteiger partial charge in [-0.2, -0.15) is 5.26 Å². The quantitative estimate of drug-likeness (QED) is 0.799. The van der Waals surface area contributed by atoms with E-state index in [-0.39, 0.29) is 10.9 Å². The van der Waals surface area contributed by atoms with Crippen LogP contribution in [0.3, 0.4) is 0 Å². The summed E-state index contributed by atoms with van der Waals surface area (Å²) in [4.78, 5) is 0.208. The average Bonchev–Trinajstić information content (AvgIpc) is 2.45. The molecule has 21 heavy (non-hydrogen) atoms. The number of nitrogens with one attached hydrogen (secondary N) is 1. The van der Waals surface area contributed by atoms with Crippen LogP contribution < -0.4 is 4.72 Å². The summed E-state index contributed by atoms with van der Waals surface area (Å²) in [6.45, 7) is 5.89. The number of rotatable bonds is 8. The van der Waals surface area contributed by atoms with Crippen molar-refractivity contribution in [2.45, 2.75) is 63.8 Å². The van der Waals surface area contributed by atoms with E-state index in [1.807, 2.05) is 6.07 Å². The molecule has 0 fully saturated rings. The second-order valence-electron chi connectivity index (χ2n) is 5.34. The molecule has 116 valence electrons. The maximum atomic E-state index is 12.5. The minimum atomic E-state index is -3.58. The zero-order valence-electron chi connectivity index (χ0n) is 13.0. The Balaban J connectivity index is 3.01. The summed E-state index contributed by atoms with van der Waals surface area (Å²) in [5.74, 6) is 0. The van der Waals surface area contributed by atoms with Crippen molar-refractivity contribution < 1.29 is 8.42 Å². The maximum Gasteiger partial charge on any atom is 0.241 e. The molecule has 4 nitrogen and oxygen atoms in total. The Kier molecular flexibility index (Phi) is 6.86. The Hall–Kier alpha value is -1.38. The van der Waals surface area contributed by atoms with Crippen molar-refractivity contribution in [2.24, 2.45) is 0 Å². The minimum Gasteiger partial charge on any atom is -0.208 e. The fourth-order valence-corrected chi connectivity index (χ4v) is 3.88. The van der Waals surface area contributed by atoms with E-state index in [0.717, 1.165) is 32.1 Å². The number of hydrogen-bond acceptors (Lipinski definition) is 3. The molecular weight excluding hydrogens is 284 g/mol. The molecule has 1 N–H and O–H groups in total. The van der Waals surface area contributed by atoms with Crippen LogP contribution in [-0.4, -0.2) is 14.5 Å². The highest BCUT2D eigenvalue weighted by atomic mass is 32.2. The van der Waals surface area contributed by atoms with Gasteiger partial charge in [0.05, 0.1) is 16.5 Å². The Labute approximate surface area is 128 Å². The summed E-state index contributed by atoms with van der Waals surface area (Å²) in [6.07, 6.45) is 4.67. The smallest absolute Gasteiger partial charge is 0.208 e. The first-order valence-electron chi connectivity index (χ1n) is 7.47.